The summed E-state index contributed by atoms with van der Waals surface area (Å²) in [5, 5.41) is 5.30. The average molecular weight is 631 g/mol. The Hall–Kier alpha value is -4.11. The number of nitrogens with zero attached hydrogens (tertiary/aromatic N) is 3. The minimum Gasteiger partial charge on any atom is -0.395 e. The van der Waals surface area contributed by atoms with Gasteiger partial charge in [0, 0.05) is 30.9 Å². The summed E-state index contributed by atoms with van der Waals surface area (Å²) in [6, 6.07) is 46.5. The van der Waals surface area contributed by atoms with Crippen LogP contribution in [0.1, 0.15) is 5.69 Å². The molecular formula is C37H34BF2N3P2. The molecule has 3 heterocycles. The molecule has 0 saturated carbocycles. The van der Waals surface area contributed by atoms with Gasteiger partial charge in [-0.3, -0.25) is 0 Å². The summed E-state index contributed by atoms with van der Waals surface area (Å²) in [5.41, 5.74) is 2.04. The largest absolute Gasteiger partial charge is 0.737 e. The van der Waals surface area contributed by atoms with Gasteiger partial charge in [-0.2, -0.15) is 0 Å². The summed E-state index contributed by atoms with van der Waals surface area (Å²) < 4.78 is 33.9. The molecule has 0 N–H and O–H groups in total. The van der Waals surface area contributed by atoms with Gasteiger partial charge in [0.15, 0.2) is 5.70 Å². The summed E-state index contributed by atoms with van der Waals surface area (Å²) in [6.45, 7) is -2.47. The van der Waals surface area contributed by atoms with Crippen molar-refractivity contribution in [3.05, 3.63) is 163 Å². The SMILES string of the molecule is F[B-]1(F)n2cccc2C(N(CCP(c2ccccc2)c2ccccc2)CCP(c2ccccc2)c2ccccc2)=C2C=CC=[N+]21. The van der Waals surface area contributed by atoms with Crippen molar-refractivity contribution in [1.29, 1.82) is 0 Å². The van der Waals surface area contributed by atoms with Gasteiger partial charge in [0.2, 0.25) is 0 Å². The van der Waals surface area contributed by atoms with Crippen LogP contribution < -0.4 is 21.2 Å². The second-order valence-electron chi connectivity index (χ2n) is 11.2. The molecule has 1 aromatic heterocycles. The third kappa shape index (κ3) is 5.98. The van der Waals surface area contributed by atoms with Crippen molar-refractivity contribution in [2.24, 2.45) is 0 Å². The highest BCUT2D eigenvalue weighted by atomic mass is 31.1. The van der Waals surface area contributed by atoms with Crippen LogP contribution in [0.5, 0.6) is 0 Å². The fourth-order valence-corrected chi connectivity index (χ4v) is 11.0. The minimum atomic E-state index is -3.96. The van der Waals surface area contributed by atoms with Crippen LogP contribution in [0.25, 0.3) is 5.70 Å². The monoisotopic (exact) mass is 631 g/mol. The van der Waals surface area contributed by atoms with E-state index < -0.39 is 22.8 Å². The van der Waals surface area contributed by atoms with Crippen LogP contribution in [0.15, 0.2) is 158 Å². The standard InChI is InChI=1S/C37H34BF2N3P2/c39-38(40)42-25-13-23-35(42)37(36-24-14-26-43(36)38)41(27-29-44(31-15-5-1-6-16-31)32-17-7-2-8-18-32)28-30-45(33-19-9-3-10-20-33)34-21-11-4-12-22-34/h1-26H,27-30H2. The molecule has 0 radical (unpaired) electrons. The van der Waals surface area contributed by atoms with E-state index in [4.69, 9.17) is 0 Å². The van der Waals surface area contributed by atoms with E-state index in [2.05, 4.69) is 126 Å². The Morgan fingerprint density at radius 3 is 1.49 bits per heavy atom. The first-order valence-electron chi connectivity index (χ1n) is 15.4. The van der Waals surface area contributed by atoms with E-state index in [1.165, 1.54) is 42.6 Å². The fraction of sp³-hybridized carbons (Fsp3) is 0.108. The molecule has 0 atom stereocenters. The highest BCUT2D eigenvalue weighted by molar-refractivity contribution is 7.73. The van der Waals surface area contributed by atoms with E-state index in [-0.39, 0.29) is 0 Å². The fourth-order valence-electron chi connectivity index (χ4n) is 6.34. The Balaban J connectivity index is 1.28. The Labute approximate surface area is 266 Å². The number of halogens is 2. The molecule has 0 unspecified atom stereocenters. The lowest BCUT2D eigenvalue weighted by Crippen LogP contribution is -2.50. The van der Waals surface area contributed by atoms with Gasteiger partial charge < -0.3 is 22.5 Å². The molecule has 5 aromatic rings. The predicted molar refractivity (Wildman–Crippen MR) is 190 cm³/mol. The lowest BCUT2D eigenvalue weighted by atomic mass is 9.90. The first-order chi connectivity index (χ1) is 22.1. The van der Waals surface area contributed by atoms with E-state index in [0.29, 0.717) is 11.4 Å². The molecule has 0 amide bonds. The average Bonchev–Trinajstić information content (AvgIpc) is 3.79. The third-order valence-corrected chi connectivity index (χ3v) is 13.5. The van der Waals surface area contributed by atoms with Gasteiger partial charge in [-0.15, -0.1) is 0 Å². The predicted octanol–water partition coefficient (Wildman–Crippen LogP) is 6.61. The van der Waals surface area contributed by atoms with Crippen molar-refractivity contribution in [2.45, 2.75) is 0 Å². The molecule has 7 rings (SSSR count). The maximum atomic E-state index is 15.8. The van der Waals surface area contributed by atoms with E-state index in [1.807, 2.05) is 12.1 Å². The number of benzene rings is 4. The van der Waals surface area contributed by atoms with E-state index in [1.54, 1.807) is 12.1 Å². The van der Waals surface area contributed by atoms with Crippen molar-refractivity contribution < 1.29 is 13.1 Å². The number of hydrogen-bond donors (Lipinski definition) is 0. The molecule has 0 saturated heterocycles. The maximum absolute atomic E-state index is 15.8. The van der Waals surface area contributed by atoms with Gasteiger partial charge in [-0.05, 0) is 67.7 Å². The zero-order chi connectivity index (χ0) is 30.6. The van der Waals surface area contributed by atoms with Crippen molar-refractivity contribution in [1.82, 2.24) is 9.38 Å². The zero-order valence-electron chi connectivity index (χ0n) is 24.9. The lowest BCUT2D eigenvalue weighted by Gasteiger charge is -2.37. The number of fused-ring (bicyclic) bond motifs is 2. The van der Waals surface area contributed by atoms with Gasteiger partial charge >= 0.3 is 6.97 Å². The van der Waals surface area contributed by atoms with Gasteiger partial charge in [-0.25, -0.2) is 0 Å². The van der Waals surface area contributed by atoms with Crippen LogP contribution in [0, 0.1) is 0 Å². The molecule has 2 aliphatic heterocycles. The van der Waals surface area contributed by atoms with Crippen molar-refractivity contribution in [3.8, 4) is 0 Å². The number of allylic oxidation sites excluding steroid dienone is 2. The molecule has 8 heteroatoms. The van der Waals surface area contributed by atoms with E-state index >= 15 is 8.63 Å². The molecular weight excluding hydrogens is 597 g/mol. The van der Waals surface area contributed by atoms with Crippen LogP contribution >= 0.6 is 15.8 Å². The van der Waals surface area contributed by atoms with Crippen LogP contribution in [0.2, 0.25) is 0 Å². The smallest absolute Gasteiger partial charge is 0.395 e. The molecule has 0 fully saturated rings. The third-order valence-electron chi connectivity index (χ3n) is 8.49. The van der Waals surface area contributed by atoms with Gasteiger partial charge in [-0.1, -0.05) is 121 Å². The number of rotatable bonds is 11. The molecule has 3 nitrogen and oxygen atoms in total. The minimum absolute atomic E-state index is 0.582. The number of aromatic nitrogens is 1. The van der Waals surface area contributed by atoms with Crippen molar-refractivity contribution in [3.63, 3.8) is 0 Å². The van der Waals surface area contributed by atoms with E-state index in [0.717, 1.165) is 31.1 Å². The van der Waals surface area contributed by atoms with Crippen LogP contribution in [-0.4, -0.2) is 52.5 Å². The normalized spacial score (nSPS) is 14.9. The molecule has 45 heavy (non-hydrogen) atoms. The summed E-state index contributed by atoms with van der Waals surface area (Å²) in [5.74, 6) is 0. The quantitative estimate of drug-likeness (QED) is 0.118. The summed E-state index contributed by atoms with van der Waals surface area (Å²) in [7, 11) is -1.31. The molecule has 4 aromatic carbocycles. The van der Waals surface area contributed by atoms with Gasteiger partial charge in [0.25, 0.3) is 0 Å². The maximum Gasteiger partial charge on any atom is 0.737 e. The van der Waals surface area contributed by atoms with Crippen LogP contribution in [-0.2, 0) is 0 Å². The summed E-state index contributed by atoms with van der Waals surface area (Å²) in [4.78, 5) is 2.39. The number of hydrogen-bond acceptors (Lipinski definition) is 1. The van der Waals surface area contributed by atoms with Crippen molar-refractivity contribution >= 4 is 55.9 Å². The Morgan fingerprint density at radius 2 is 1.04 bits per heavy atom. The van der Waals surface area contributed by atoms with Gasteiger partial charge in [0.05, 0.1) is 0 Å². The van der Waals surface area contributed by atoms with Crippen molar-refractivity contribution in [2.75, 3.05) is 25.4 Å². The lowest BCUT2D eigenvalue weighted by molar-refractivity contribution is -0.357. The molecule has 0 aliphatic carbocycles. The first kappa shape index (κ1) is 29.6. The van der Waals surface area contributed by atoms with Gasteiger partial charge in [0.1, 0.15) is 11.9 Å². The first-order valence-corrected chi connectivity index (χ1v) is 18.4. The zero-order valence-corrected chi connectivity index (χ0v) is 26.7. The van der Waals surface area contributed by atoms with E-state index in [9.17, 15) is 0 Å². The molecule has 2 aliphatic rings. The summed E-state index contributed by atoms with van der Waals surface area (Å²) >= 11 is 0. The van der Waals surface area contributed by atoms with Crippen LogP contribution in [0.3, 0.4) is 0 Å². The Morgan fingerprint density at radius 1 is 0.600 bits per heavy atom. The topological polar surface area (TPSA) is 11.2 Å². The summed E-state index contributed by atoms with van der Waals surface area (Å²) in [6.07, 6.45) is 8.46. The second kappa shape index (κ2) is 13.1. The molecule has 0 bridgehead atoms. The highest BCUT2D eigenvalue weighted by Gasteiger charge is 2.52. The second-order valence-corrected chi connectivity index (χ2v) is 15.8. The molecule has 0 spiro atoms. The Kier molecular flexibility index (Phi) is 8.61. The Bertz CT molecular complexity index is 1680. The van der Waals surface area contributed by atoms with Crippen LogP contribution in [0.4, 0.5) is 8.63 Å². The highest BCUT2D eigenvalue weighted by Crippen LogP contribution is 2.40. The molecule has 224 valence electrons.